The first-order valence-electron chi connectivity index (χ1n) is 2.74. The predicted octanol–water partition coefficient (Wildman–Crippen LogP) is -0.737. The average molecular weight is 148 g/mol. The molecule has 0 unspecified atom stereocenters. The third-order valence-corrected chi connectivity index (χ3v) is 0.986. The van der Waals surface area contributed by atoms with Gasteiger partial charge in [0.25, 0.3) is 0 Å². The Labute approximate surface area is 57.5 Å². The highest BCUT2D eigenvalue weighted by Gasteiger charge is 2.12. The summed E-state index contributed by atoms with van der Waals surface area (Å²) in [5.41, 5.74) is 5.00. The Hall–Kier alpha value is -1.10. The smallest absolute Gasteiger partial charge is 0.320 e. The Bertz CT molecular complexity index is 145. The SMILES string of the molecule is N[13C@@H](CCC(=O)O)C(=O)O. The number of carbonyl (C=O) groups is 2. The third kappa shape index (κ3) is 3.85. The minimum absolute atomic E-state index is 0.0231. The van der Waals surface area contributed by atoms with Gasteiger partial charge in [0.05, 0.1) is 0 Å². The molecular formula is C5H9NO4. The molecule has 0 aromatic carbocycles. The Morgan fingerprint density at radius 1 is 1.40 bits per heavy atom. The molecule has 10 heavy (non-hydrogen) atoms. The molecule has 0 aromatic rings. The zero-order valence-electron chi connectivity index (χ0n) is 5.28. The molecule has 5 heteroatoms. The predicted molar refractivity (Wildman–Crippen MR) is 32.5 cm³/mol. The Morgan fingerprint density at radius 3 is 2.20 bits per heavy atom. The summed E-state index contributed by atoms with van der Waals surface area (Å²) in [5, 5.41) is 16.3. The second kappa shape index (κ2) is 3.84. The fourth-order valence-electron chi connectivity index (χ4n) is 0.402. The van der Waals surface area contributed by atoms with Crippen LogP contribution in [0.3, 0.4) is 0 Å². The fourth-order valence-corrected chi connectivity index (χ4v) is 0.402. The summed E-state index contributed by atoms with van der Waals surface area (Å²) < 4.78 is 0. The van der Waals surface area contributed by atoms with Gasteiger partial charge in [-0.25, -0.2) is 0 Å². The Morgan fingerprint density at radius 2 is 1.90 bits per heavy atom. The first-order chi connectivity index (χ1) is 4.54. The number of carboxylic acids is 2. The molecule has 0 saturated carbocycles. The number of hydrogen-bond donors (Lipinski definition) is 3. The number of aliphatic carboxylic acids is 2. The second-order valence-corrected chi connectivity index (χ2v) is 1.88. The van der Waals surface area contributed by atoms with Crippen LogP contribution in [0.15, 0.2) is 0 Å². The quantitative estimate of drug-likeness (QED) is 0.456. The maximum Gasteiger partial charge on any atom is 0.320 e. The molecule has 1 atom stereocenters. The van der Waals surface area contributed by atoms with Gasteiger partial charge in [0.15, 0.2) is 0 Å². The van der Waals surface area contributed by atoms with Crippen molar-refractivity contribution in [3.8, 4) is 0 Å². The molecule has 0 amide bonds. The second-order valence-electron chi connectivity index (χ2n) is 1.88. The molecule has 0 aliphatic carbocycles. The van der Waals surface area contributed by atoms with E-state index in [1.54, 1.807) is 0 Å². The molecule has 0 radical (unpaired) electrons. The van der Waals surface area contributed by atoms with E-state index >= 15 is 0 Å². The minimum Gasteiger partial charge on any atom is -0.481 e. The van der Waals surface area contributed by atoms with Crippen molar-refractivity contribution in [2.45, 2.75) is 18.9 Å². The largest absolute Gasteiger partial charge is 0.481 e. The van der Waals surface area contributed by atoms with Crippen LogP contribution >= 0.6 is 0 Å². The lowest BCUT2D eigenvalue weighted by molar-refractivity contribution is -0.139. The van der Waals surface area contributed by atoms with E-state index < -0.39 is 18.0 Å². The summed E-state index contributed by atoms with van der Waals surface area (Å²) in [6, 6.07) is -1.06. The summed E-state index contributed by atoms with van der Waals surface area (Å²) in [7, 11) is 0. The molecule has 0 aliphatic rings. The molecule has 0 aliphatic heterocycles. The lowest BCUT2D eigenvalue weighted by Gasteiger charge is -2.01. The van der Waals surface area contributed by atoms with Gasteiger partial charge in [-0.3, -0.25) is 9.59 Å². The monoisotopic (exact) mass is 148 g/mol. The number of nitrogens with two attached hydrogens (primary N) is 1. The molecule has 5 nitrogen and oxygen atoms in total. The van der Waals surface area contributed by atoms with Crippen molar-refractivity contribution < 1.29 is 19.8 Å². The zero-order chi connectivity index (χ0) is 8.15. The van der Waals surface area contributed by atoms with Gasteiger partial charge in [-0.15, -0.1) is 0 Å². The molecular weight excluding hydrogens is 139 g/mol. The van der Waals surface area contributed by atoms with Gasteiger partial charge in [0.2, 0.25) is 0 Å². The standard InChI is InChI=1S/C5H9NO4/c6-3(5(9)10)1-2-4(7)8/h3H,1-2,6H2,(H,7,8)(H,9,10)/t3-/m0/s1/i3+1. The molecule has 0 spiro atoms. The third-order valence-electron chi connectivity index (χ3n) is 0.986. The van der Waals surface area contributed by atoms with Crippen molar-refractivity contribution in [2.24, 2.45) is 5.73 Å². The lowest BCUT2D eigenvalue weighted by atomic mass is 10.4. The van der Waals surface area contributed by atoms with Gasteiger partial charge >= 0.3 is 11.9 Å². The normalized spacial score (nSPS) is 12.5. The minimum atomic E-state index is -1.17. The van der Waals surface area contributed by atoms with E-state index in [0.717, 1.165) is 0 Å². The van der Waals surface area contributed by atoms with Crippen molar-refractivity contribution in [3.63, 3.8) is 0 Å². The summed E-state index contributed by atoms with van der Waals surface area (Å²) in [6.45, 7) is 0. The van der Waals surface area contributed by atoms with E-state index in [1.165, 1.54) is 0 Å². The van der Waals surface area contributed by atoms with Crippen LogP contribution in [0.2, 0.25) is 0 Å². The maximum atomic E-state index is 9.99. The van der Waals surface area contributed by atoms with Crippen LogP contribution in [0, 0.1) is 0 Å². The lowest BCUT2D eigenvalue weighted by Crippen LogP contribution is -2.30. The van der Waals surface area contributed by atoms with E-state index in [-0.39, 0.29) is 12.8 Å². The molecule has 0 bridgehead atoms. The van der Waals surface area contributed by atoms with Gasteiger partial charge < -0.3 is 15.9 Å². The van der Waals surface area contributed by atoms with Gasteiger partial charge in [-0.2, -0.15) is 0 Å². The maximum absolute atomic E-state index is 9.99. The zero-order valence-corrected chi connectivity index (χ0v) is 5.28. The van der Waals surface area contributed by atoms with E-state index in [2.05, 4.69) is 0 Å². The van der Waals surface area contributed by atoms with Crippen LogP contribution in [0.5, 0.6) is 0 Å². The Balaban J connectivity index is 3.49. The first kappa shape index (κ1) is 8.90. The van der Waals surface area contributed by atoms with Gasteiger partial charge in [-0.05, 0) is 6.42 Å². The van der Waals surface area contributed by atoms with E-state index in [9.17, 15) is 9.59 Å². The van der Waals surface area contributed by atoms with Gasteiger partial charge in [0.1, 0.15) is 6.04 Å². The molecule has 0 rings (SSSR count). The summed E-state index contributed by atoms with van der Waals surface area (Å²) in [4.78, 5) is 19.9. The van der Waals surface area contributed by atoms with Crippen LogP contribution in [0.1, 0.15) is 12.8 Å². The molecule has 0 fully saturated rings. The van der Waals surface area contributed by atoms with Gasteiger partial charge in [0, 0.05) is 6.42 Å². The topological polar surface area (TPSA) is 101 Å². The number of rotatable bonds is 4. The van der Waals surface area contributed by atoms with Crippen molar-refractivity contribution in [3.05, 3.63) is 0 Å². The van der Waals surface area contributed by atoms with E-state index in [1.807, 2.05) is 0 Å². The molecule has 0 saturated heterocycles. The highest BCUT2D eigenvalue weighted by atomic mass is 16.4. The number of carboxylic acid groups (broad SMARTS) is 2. The molecule has 0 aromatic heterocycles. The van der Waals surface area contributed by atoms with E-state index in [0.29, 0.717) is 0 Å². The van der Waals surface area contributed by atoms with Crippen LogP contribution in [-0.2, 0) is 9.59 Å². The first-order valence-corrected chi connectivity index (χ1v) is 2.74. The number of hydrogen-bond acceptors (Lipinski definition) is 3. The summed E-state index contributed by atoms with van der Waals surface area (Å²) >= 11 is 0. The summed E-state index contributed by atoms with van der Waals surface area (Å²) in [5.74, 6) is -2.20. The van der Waals surface area contributed by atoms with E-state index in [4.69, 9.17) is 15.9 Å². The highest BCUT2D eigenvalue weighted by Crippen LogP contribution is 1.93. The highest BCUT2D eigenvalue weighted by molar-refractivity contribution is 5.74. The summed E-state index contributed by atoms with van der Waals surface area (Å²) in [6.07, 6.45) is -0.224. The van der Waals surface area contributed by atoms with Crippen molar-refractivity contribution in [1.82, 2.24) is 0 Å². The van der Waals surface area contributed by atoms with Crippen molar-refractivity contribution >= 4 is 11.9 Å². The van der Waals surface area contributed by atoms with Crippen LogP contribution in [0.4, 0.5) is 0 Å². The van der Waals surface area contributed by atoms with Crippen molar-refractivity contribution in [1.29, 1.82) is 0 Å². The molecule has 58 valence electrons. The van der Waals surface area contributed by atoms with Crippen LogP contribution < -0.4 is 5.73 Å². The average Bonchev–Trinajstić information content (AvgIpc) is 1.82. The van der Waals surface area contributed by atoms with Crippen LogP contribution in [-0.4, -0.2) is 28.2 Å². The molecule has 0 heterocycles. The Kier molecular flexibility index (Phi) is 3.42. The van der Waals surface area contributed by atoms with Gasteiger partial charge in [-0.1, -0.05) is 0 Å². The van der Waals surface area contributed by atoms with Crippen LogP contribution in [0.25, 0.3) is 0 Å². The molecule has 4 N–H and O–H groups in total. The van der Waals surface area contributed by atoms with Crippen molar-refractivity contribution in [2.75, 3.05) is 0 Å². The fraction of sp³-hybridized carbons (Fsp3) is 0.600.